The minimum Gasteiger partial charge on any atom is -0.381 e. The van der Waals surface area contributed by atoms with Gasteiger partial charge < -0.3 is 14.5 Å². The van der Waals surface area contributed by atoms with Crippen molar-refractivity contribution in [2.75, 3.05) is 45.9 Å². The summed E-state index contributed by atoms with van der Waals surface area (Å²) in [6, 6.07) is 0. The number of hydrogen-bond acceptors (Lipinski definition) is 5. The zero-order valence-electron chi connectivity index (χ0n) is 13.5. The molecule has 2 atom stereocenters. The van der Waals surface area contributed by atoms with E-state index in [-0.39, 0.29) is 5.91 Å². The molecule has 5 nitrogen and oxygen atoms in total. The lowest BCUT2D eigenvalue weighted by molar-refractivity contribution is 0.0547. The summed E-state index contributed by atoms with van der Waals surface area (Å²) in [7, 11) is 0. The molecule has 4 rings (SSSR count). The molecule has 126 valence electrons. The van der Waals surface area contributed by atoms with Crippen LogP contribution >= 0.6 is 11.3 Å². The summed E-state index contributed by atoms with van der Waals surface area (Å²) in [6.45, 7) is 7.26. The van der Waals surface area contributed by atoms with Crippen molar-refractivity contribution in [3.8, 4) is 0 Å². The summed E-state index contributed by atoms with van der Waals surface area (Å²) in [5.74, 6) is 2.34. The molecule has 0 radical (unpaired) electrons. The Morgan fingerprint density at radius 2 is 2.04 bits per heavy atom. The van der Waals surface area contributed by atoms with Gasteiger partial charge in [-0.1, -0.05) is 0 Å². The van der Waals surface area contributed by atoms with Crippen LogP contribution in [0.4, 0.5) is 0 Å². The molecule has 0 spiro atoms. The monoisotopic (exact) mass is 335 g/mol. The highest BCUT2D eigenvalue weighted by Gasteiger charge is 2.39. The standard InChI is InChI=1S/C17H25N3O2S/c21-17(16-11-23-12-18-16)20-4-1-14-8-19(9-15(14)10-20)7-13-2-5-22-6-3-13/h11-15H,1-10H2/t14-,15-/m1/s1. The predicted octanol–water partition coefficient (Wildman–Crippen LogP) is 1.96. The molecule has 0 unspecified atom stereocenters. The van der Waals surface area contributed by atoms with Gasteiger partial charge in [0, 0.05) is 51.3 Å². The average molecular weight is 335 g/mol. The zero-order chi connectivity index (χ0) is 15.6. The first-order valence-electron chi connectivity index (χ1n) is 8.77. The molecule has 3 fully saturated rings. The van der Waals surface area contributed by atoms with Gasteiger partial charge in [-0.3, -0.25) is 4.79 Å². The molecule has 3 aliphatic rings. The van der Waals surface area contributed by atoms with E-state index < -0.39 is 0 Å². The highest BCUT2D eigenvalue weighted by molar-refractivity contribution is 7.07. The van der Waals surface area contributed by atoms with Gasteiger partial charge in [0.25, 0.3) is 5.91 Å². The Hall–Kier alpha value is -0.980. The van der Waals surface area contributed by atoms with Crippen LogP contribution in [0, 0.1) is 17.8 Å². The lowest BCUT2D eigenvalue weighted by Crippen LogP contribution is -2.43. The SMILES string of the molecule is O=C(c1cscn1)N1CC[C@@H]2CN(CC3CCOCC3)C[C@@H]2C1. The number of aromatic nitrogens is 1. The third kappa shape index (κ3) is 3.44. The highest BCUT2D eigenvalue weighted by atomic mass is 32.1. The zero-order valence-corrected chi connectivity index (χ0v) is 14.3. The van der Waals surface area contributed by atoms with Crippen LogP contribution in [0.5, 0.6) is 0 Å². The van der Waals surface area contributed by atoms with Crippen molar-refractivity contribution in [1.29, 1.82) is 0 Å². The fourth-order valence-corrected chi connectivity index (χ4v) is 4.90. The summed E-state index contributed by atoms with van der Waals surface area (Å²) >= 11 is 1.49. The van der Waals surface area contributed by atoms with Crippen LogP contribution in [0.15, 0.2) is 10.9 Å². The van der Waals surface area contributed by atoms with Crippen LogP contribution in [-0.2, 0) is 4.74 Å². The normalized spacial score (nSPS) is 29.7. The lowest BCUT2D eigenvalue weighted by atomic mass is 9.88. The molecule has 0 aliphatic carbocycles. The van der Waals surface area contributed by atoms with Crippen molar-refractivity contribution in [3.05, 3.63) is 16.6 Å². The van der Waals surface area contributed by atoms with E-state index in [0.717, 1.165) is 51.1 Å². The number of ether oxygens (including phenoxy) is 1. The van der Waals surface area contributed by atoms with Crippen LogP contribution in [0.1, 0.15) is 29.8 Å². The molecule has 23 heavy (non-hydrogen) atoms. The number of nitrogens with zero attached hydrogens (tertiary/aromatic N) is 3. The number of amides is 1. The summed E-state index contributed by atoms with van der Waals surface area (Å²) < 4.78 is 5.47. The maximum atomic E-state index is 12.5. The van der Waals surface area contributed by atoms with Crippen LogP contribution in [0.2, 0.25) is 0 Å². The third-order valence-corrected chi connectivity index (χ3v) is 6.26. The maximum absolute atomic E-state index is 12.5. The molecule has 1 aromatic rings. The molecule has 6 heteroatoms. The summed E-state index contributed by atoms with van der Waals surface area (Å²) in [5, 5.41) is 1.86. The summed E-state index contributed by atoms with van der Waals surface area (Å²) in [6.07, 6.45) is 3.56. The van der Waals surface area contributed by atoms with Gasteiger partial charge in [-0.2, -0.15) is 0 Å². The van der Waals surface area contributed by atoms with Gasteiger partial charge in [0.05, 0.1) is 5.51 Å². The van der Waals surface area contributed by atoms with Crippen LogP contribution in [0.25, 0.3) is 0 Å². The molecule has 1 amide bonds. The van der Waals surface area contributed by atoms with Crippen molar-refractivity contribution in [2.24, 2.45) is 17.8 Å². The van der Waals surface area contributed by atoms with E-state index in [2.05, 4.69) is 9.88 Å². The second-order valence-corrected chi connectivity index (χ2v) is 7.93. The molecule has 4 heterocycles. The van der Waals surface area contributed by atoms with Crippen LogP contribution in [-0.4, -0.2) is 66.6 Å². The largest absolute Gasteiger partial charge is 0.381 e. The first-order valence-corrected chi connectivity index (χ1v) is 9.71. The first-order chi connectivity index (χ1) is 11.3. The van der Waals surface area contributed by atoms with E-state index in [1.807, 2.05) is 10.3 Å². The second-order valence-electron chi connectivity index (χ2n) is 7.21. The Morgan fingerprint density at radius 3 is 2.83 bits per heavy atom. The number of carbonyl (C=O) groups is 1. The number of thiazole rings is 1. The van der Waals surface area contributed by atoms with Crippen molar-refractivity contribution in [2.45, 2.75) is 19.3 Å². The molecule has 0 N–H and O–H groups in total. The fraction of sp³-hybridized carbons (Fsp3) is 0.765. The van der Waals surface area contributed by atoms with Crippen molar-refractivity contribution < 1.29 is 9.53 Å². The maximum Gasteiger partial charge on any atom is 0.273 e. The van der Waals surface area contributed by atoms with Gasteiger partial charge in [-0.05, 0) is 37.0 Å². The number of piperidine rings is 1. The number of hydrogen-bond donors (Lipinski definition) is 0. The van der Waals surface area contributed by atoms with Gasteiger partial charge in [0.2, 0.25) is 0 Å². The van der Waals surface area contributed by atoms with E-state index >= 15 is 0 Å². The Balaban J connectivity index is 1.32. The van der Waals surface area contributed by atoms with Gasteiger partial charge in [-0.25, -0.2) is 4.98 Å². The van der Waals surface area contributed by atoms with E-state index in [9.17, 15) is 4.79 Å². The fourth-order valence-electron chi connectivity index (χ4n) is 4.37. The van der Waals surface area contributed by atoms with Gasteiger partial charge in [-0.15, -0.1) is 11.3 Å². The van der Waals surface area contributed by atoms with Crippen molar-refractivity contribution in [3.63, 3.8) is 0 Å². The second kappa shape index (κ2) is 6.87. The molecular weight excluding hydrogens is 310 g/mol. The minimum atomic E-state index is 0.118. The van der Waals surface area contributed by atoms with E-state index in [1.54, 1.807) is 5.51 Å². The Labute approximate surface area is 141 Å². The predicted molar refractivity (Wildman–Crippen MR) is 89.6 cm³/mol. The van der Waals surface area contributed by atoms with Gasteiger partial charge >= 0.3 is 0 Å². The molecule has 0 saturated carbocycles. The molecule has 0 aromatic carbocycles. The average Bonchev–Trinajstić information content (AvgIpc) is 3.23. The number of carbonyl (C=O) groups excluding carboxylic acids is 1. The number of fused-ring (bicyclic) bond motifs is 1. The quantitative estimate of drug-likeness (QED) is 0.847. The molecule has 0 bridgehead atoms. The third-order valence-electron chi connectivity index (χ3n) is 5.67. The number of rotatable bonds is 3. The lowest BCUT2D eigenvalue weighted by Gasteiger charge is -2.34. The van der Waals surface area contributed by atoms with Gasteiger partial charge in [0.1, 0.15) is 5.69 Å². The van der Waals surface area contributed by atoms with Crippen LogP contribution < -0.4 is 0 Å². The van der Waals surface area contributed by atoms with E-state index in [0.29, 0.717) is 11.6 Å². The molecule has 3 aliphatic heterocycles. The van der Waals surface area contributed by atoms with Crippen molar-refractivity contribution in [1.82, 2.24) is 14.8 Å². The summed E-state index contributed by atoms with van der Waals surface area (Å²) in [4.78, 5) is 21.3. The smallest absolute Gasteiger partial charge is 0.273 e. The molecular formula is C17H25N3O2S. The van der Waals surface area contributed by atoms with Gasteiger partial charge in [0.15, 0.2) is 0 Å². The first kappa shape index (κ1) is 15.5. The van der Waals surface area contributed by atoms with E-state index in [4.69, 9.17) is 4.74 Å². The number of likely N-dealkylation sites (tertiary alicyclic amines) is 2. The topological polar surface area (TPSA) is 45.7 Å². The van der Waals surface area contributed by atoms with Crippen molar-refractivity contribution >= 4 is 17.2 Å². The molecule has 3 saturated heterocycles. The highest BCUT2D eigenvalue weighted by Crippen LogP contribution is 2.33. The van der Waals surface area contributed by atoms with E-state index in [1.165, 1.54) is 37.3 Å². The Bertz CT molecular complexity index is 530. The Morgan fingerprint density at radius 1 is 1.22 bits per heavy atom. The minimum absolute atomic E-state index is 0.118. The molecule has 1 aromatic heterocycles. The summed E-state index contributed by atoms with van der Waals surface area (Å²) in [5.41, 5.74) is 2.36. The Kier molecular flexibility index (Phi) is 4.64. The van der Waals surface area contributed by atoms with Crippen LogP contribution in [0.3, 0.4) is 0 Å².